The van der Waals surface area contributed by atoms with Crippen molar-refractivity contribution in [1.29, 1.82) is 0 Å². The van der Waals surface area contributed by atoms with Crippen molar-refractivity contribution in [2.24, 2.45) is 17.8 Å². The molecule has 5 rings (SSSR count). The van der Waals surface area contributed by atoms with E-state index in [4.69, 9.17) is 23.2 Å². The molecule has 2 aliphatic carbocycles. The van der Waals surface area contributed by atoms with Gasteiger partial charge in [-0.1, -0.05) is 36.2 Å². The topological polar surface area (TPSA) is 53.2 Å². The average Bonchev–Trinajstić information content (AvgIpc) is 3.35. The monoisotopic (exact) mass is 443 g/mol. The molecule has 0 aromatic heterocycles. The standard InChI is InChI=1S/C24H27Cl2N3O/c1-2-10-27-24(30)28-15-8-9-19-16(12-15)20-13-6-7-14(11-13)21(20)23(29-19)22-17(25)4-3-5-18(22)26/h3-5,8-9,12-14,20-21,23,29H,2,6-7,10-11H2,1H3,(H2,27,28,30). The number of anilines is 2. The third kappa shape index (κ3) is 3.34. The minimum absolute atomic E-state index is 0.116. The molecule has 1 heterocycles. The Kier molecular flexibility index (Phi) is 5.32. The summed E-state index contributed by atoms with van der Waals surface area (Å²) in [7, 11) is 0. The van der Waals surface area contributed by atoms with Gasteiger partial charge in [-0.15, -0.1) is 0 Å². The molecule has 0 radical (unpaired) electrons. The lowest BCUT2D eigenvalue weighted by Gasteiger charge is -2.44. The molecule has 2 aromatic carbocycles. The van der Waals surface area contributed by atoms with Gasteiger partial charge in [0.05, 0.1) is 6.04 Å². The molecule has 3 N–H and O–H groups in total. The number of carbonyl (C=O) groups excluding carboxylic acids is 1. The van der Waals surface area contributed by atoms with Crippen molar-refractivity contribution in [1.82, 2.24) is 5.32 Å². The van der Waals surface area contributed by atoms with Gasteiger partial charge in [-0.05, 0) is 85.3 Å². The number of benzene rings is 2. The van der Waals surface area contributed by atoms with E-state index in [0.29, 0.717) is 30.2 Å². The first kappa shape index (κ1) is 20.0. The smallest absolute Gasteiger partial charge is 0.319 e. The number of fused-ring (bicyclic) bond motifs is 7. The second kappa shape index (κ2) is 7.97. The average molecular weight is 444 g/mol. The van der Waals surface area contributed by atoms with Crippen molar-refractivity contribution < 1.29 is 4.79 Å². The predicted octanol–water partition coefficient (Wildman–Crippen LogP) is 6.82. The summed E-state index contributed by atoms with van der Waals surface area (Å²) in [5, 5.41) is 11.1. The number of hydrogen-bond donors (Lipinski definition) is 3. The van der Waals surface area contributed by atoms with Gasteiger partial charge in [0.25, 0.3) is 0 Å². The molecule has 4 nitrogen and oxygen atoms in total. The molecule has 2 saturated carbocycles. The normalized spacial score (nSPS) is 28.4. The zero-order chi connectivity index (χ0) is 20.8. The van der Waals surface area contributed by atoms with Crippen LogP contribution in [0.4, 0.5) is 16.2 Å². The van der Waals surface area contributed by atoms with E-state index in [0.717, 1.165) is 33.4 Å². The molecule has 2 amide bonds. The summed E-state index contributed by atoms with van der Waals surface area (Å²) in [5.41, 5.74) is 4.32. The molecule has 3 aliphatic rings. The van der Waals surface area contributed by atoms with Gasteiger partial charge in [-0.25, -0.2) is 4.79 Å². The second-order valence-electron chi connectivity index (χ2n) is 8.88. The molecule has 2 aromatic rings. The quantitative estimate of drug-likeness (QED) is 0.485. The molecule has 30 heavy (non-hydrogen) atoms. The van der Waals surface area contributed by atoms with Crippen LogP contribution in [0.5, 0.6) is 0 Å². The number of carbonyl (C=O) groups is 1. The Morgan fingerprint density at radius 1 is 1.13 bits per heavy atom. The van der Waals surface area contributed by atoms with Crippen molar-refractivity contribution in [3.8, 4) is 0 Å². The van der Waals surface area contributed by atoms with Crippen molar-refractivity contribution in [2.75, 3.05) is 17.2 Å². The highest BCUT2D eigenvalue weighted by molar-refractivity contribution is 6.36. The fourth-order valence-electron chi connectivity index (χ4n) is 6.07. The molecule has 5 atom stereocenters. The zero-order valence-corrected chi connectivity index (χ0v) is 18.6. The van der Waals surface area contributed by atoms with Crippen LogP contribution in [0.15, 0.2) is 36.4 Å². The summed E-state index contributed by atoms with van der Waals surface area (Å²) in [6.45, 7) is 2.72. The summed E-state index contributed by atoms with van der Waals surface area (Å²) in [5.74, 6) is 2.31. The van der Waals surface area contributed by atoms with E-state index in [-0.39, 0.29) is 12.1 Å². The molecule has 0 spiro atoms. The first-order valence-corrected chi connectivity index (χ1v) is 11.7. The summed E-state index contributed by atoms with van der Waals surface area (Å²) >= 11 is 13.3. The number of amides is 2. The fourth-order valence-corrected chi connectivity index (χ4v) is 6.71. The molecule has 1 aliphatic heterocycles. The number of halogens is 2. The van der Waals surface area contributed by atoms with E-state index in [1.807, 2.05) is 31.2 Å². The highest BCUT2D eigenvalue weighted by Crippen LogP contribution is 2.64. The van der Waals surface area contributed by atoms with Crippen molar-refractivity contribution in [3.63, 3.8) is 0 Å². The minimum Gasteiger partial charge on any atom is -0.378 e. The molecule has 2 bridgehead atoms. The SMILES string of the molecule is CCCNC(=O)Nc1ccc2c(c1)C1C3CCC(C3)C1C(c1c(Cl)cccc1Cl)N2. The third-order valence-corrected chi connectivity index (χ3v) is 7.85. The lowest BCUT2D eigenvalue weighted by Crippen LogP contribution is -2.36. The fraction of sp³-hybridized carbons (Fsp3) is 0.458. The number of nitrogens with one attached hydrogen (secondary N) is 3. The van der Waals surface area contributed by atoms with Gasteiger partial charge < -0.3 is 16.0 Å². The summed E-state index contributed by atoms with van der Waals surface area (Å²) in [6, 6.07) is 12.0. The maximum Gasteiger partial charge on any atom is 0.319 e. The van der Waals surface area contributed by atoms with Gasteiger partial charge in [-0.2, -0.15) is 0 Å². The van der Waals surface area contributed by atoms with Crippen LogP contribution in [0, 0.1) is 17.8 Å². The molecule has 158 valence electrons. The van der Waals surface area contributed by atoms with Crippen LogP contribution < -0.4 is 16.0 Å². The first-order valence-electron chi connectivity index (χ1n) is 11.0. The van der Waals surface area contributed by atoms with E-state index in [2.05, 4.69) is 28.1 Å². The Labute approximate surface area is 187 Å². The van der Waals surface area contributed by atoms with Gasteiger partial charge in [0.1, 0.15) is 0 Å². The first-order chi connectivity index (χ1) is 14.6. The number of urea groups is 1. The molecule has 5 unspecified atom stereocenters. The van der Waals surface area contributed by atoms with Crippen LogP contribution in [-0.4, -0.2) is 12.6 Å². The lowest BCUT2D eigenvalue weighted by atomic mass is 9.68. The Hall–Kier alpha value is -1.91. The molecule has 6 heteroatoms. The predicted molar refractivity (Wildman–Crippen MR) is 124 cm³/mol. The highest BCUT2D eigenvalue weighted by atomic mass is 35.5. The Balaban J connectivity index is 1.51. The zero-order valence-electron chi connectivity index (χ0n) is 17.1. The second-order valence-corrected chi connectivity index (χ2v) is 9.69. The van der Waals surface area contributed by atoms with E-state index in [9.17, 15) is 4.79 Å². The van der Waals surface area contributed by atoms with E-state index < -0.39 is 0 Å². The van der Waals surface area contributed by atoms with Gasteiger partial charge in [0.15, 0.2) is 0 Å². The van der Waals surface area contributed by atoms with Crippen LogP contribution >= 0.6 is 23.2 Å². The van der Waals surface area contributed by atoms with Crippen LogP contribution in [0.2, 0.25) is 10.0 Å². The molecular weight excluding hydrogens is 417 g/mol. The van der Waals surface area contributed by atoms with E-state index in [1.54, 1.807) is 0 Å². The van der Waals surface area contributed by atoms with Crippen LogP contribution in [-0.2, 0) is 0 Å². The third-order valence-electron chi connectivity index (χ3n) is 7.19. The number of rotatable bonds is 4. The van der Waals surface area contributed by atoms with Crippen LogP contribution in [0.1, 0.15) is 55.7 Å². The van der Waals surface area contributed by atoms with Crippen molar-refractivity contribution in [2.45, 2.75) is 44.6 Å². The maximum absolute atomic E-state index is 12.1. The van der Waals surface area contributed by atoms with E-state index in [1.165, 1.54) is 24.8 Å². The minimum atomic E-state index is -0.147. The summed E-state index contributed by atoms with van der Waals surface area (Å²) in [6.07, 6.45) is 4.74. The van der Waals surface area contributed by atoms with Gasteiger partial charge in [0, 0.05) is 33.5 Å². The number of hydrogen-bond acceptors (Lipinski definition) is 2. The Morgan fingerprint density at radius 2 is 1.90 bits per heavy atom. The lowest BCUT2D eigenvalue weighted by molar-refractivity contribution is 0.247. The molecular formula is C24H27Cl2N3O. The van der Waals surface area contributed by atoms with Crippen molar-refractivity contribution in [3.05, 3.63) is 57.6 Å². The van der Waals surface area contributed by atoms with Gasteiger partial charge in [-0.3, -0.25) is 0 Å². The Bertz CT molecular complexity index is 959. The van der Waals surface area contributed by atoms with Gasteiger partial charge >= 0.3 is 6.03 Å². The molecule has 0 saturated heterocycles. The van der Waals surface area contributed by atoms with Crippen LogP contribution in [0.3, 0.4) is 0 Å². The molecule has 2 fully saturated rings. The highest BCUT2D eigenvalue weighted by Gasteiger charge is 2.54. The maximum atomic E-state index is 12.1. The van der Waals surface area contributed by atoms with Gasteiger partial charge in [0.2, 0.25) is 0 Å². The Morgan fingerprint density at radius 3 is 2.67 bits per heavy atom. The largest absolute Gasteiger partial charge is 0.378 e. The summed E-state index contributed by atoms with van der Waals surface area (Å²) in [4.78, 5) is 12.1. The van der Waals surface area contributed by atoms with E-state index >= 15 is 0 Å². The van der Waals surface area contributed by atoms with Crippen molar-refractivity contribution >= 4 is 40.6 Å². The summed E-state index contributed by atoms with van der Waals surface area (Å²) < 4.78 is 0. The van der Waals surface area contributed by atoms with Crippen LogP contribution in [0.25, 0.3) is 0 Å².